The standard InChI is InChI=1S/C14H16F3N3/c1-9(14(15,16)17)6-20-7-10(8-20)13-18-11-4-2-3-5-12(11)19-13/h2-5,9-10H,6-8H2,1H3,(H,18,19)/t9-/m1/s1. The smallest absolute Gasteiger partial charge is 0.342 e. The summed E-state index contributed by atoms with van der Waals surface area (Å²) in [6, 6.07) is 7.74. The van der Waals surface area contributed by atoms with Crippen LogP contribution in [0.4, 0.5) is 13.2 Å². The fourth-order valence-electron chi connectivity index (χ4n) is 2.55. The average molecular weight is 283 g/mol. The van der Waals surface area contributed by atoms with Crippen LogP contribution in [0.5, 0.6) is 0 Å². The van der Waals surface area contributed by atoms with Crippen molar-refractivity contribution in [2.45, 2.75) is 19.0 Å². The summed E-state index contributed by atoms with van der Waals surface area (Å²) >= 11 is 0. The highest BCUT2D eigenvalue weighted by atomic mass is 19.4. The lowest BCUT2D eigenvalue weighted by molar-refractivity contribution is -0.176. The van der Waals surface area contributed by atoms with Gasteiger partial charge >= 0.3 is 6.18 Å². The normalized spacial score (nSPS) is 19.2. The number of benzene rings is 1. The first-order chi connectivity index (χ1) is 9.43. The number of aromatic nitrogens is 2. The number of hydrogen-bond donors (Lipinski definition) is 1. The van der Waals surface area contributed by atoms with Gasteiger partial charge in [0.25, 0.3) is 0 Å². The van der Waals surface area contributed by atoms with Gasteiger partial charge in [-0.2, -0.15) is 13.2 Å². The number of rotatable bonds is 3. The van der Waals surface area contributed by atoms with Gasteiger partial charge < -0.3 is 9.88 Å². The van der Waals surface area contributed by atoms with Crippen molar-refractivity contribution in [3.63, 3.8) is 0 Å². The van der Waals surface area contributed by atoms with Gasteiger partial charge in [0, 0.05) is 25.6 Å². The minimum absolute atomic E-state index is 0.0697. The van der Waals surface area contributed by atoms with E-state index in [1.54, 1.807) is 0 Å². The predicted molar refractivity (Wildman–Crippen MR) is 70.5 cm³/mol. The summed E-state index contributed by atoms with van der Waals surface area (Å²) in [7, 11) is 0. The van der Waals surface area contributed by atoms with E-state index < -0.39 is 12.1 Å². The number of aromatic amines is 1. The molecule has 0 unspecified atom stereocenters. The third kappa shape index (κ3) is 2.52. The lowest BCUT2D eigenvalue weighted by Gasteiger charge is -2.39. The molecule has 1 aliphatic rings. The lowest BCUT2D eigenvalue weighted by Crippen LogP contribution is -2.48. The first-order valence-electron chi connectivity index (χ1n) is 6.67. The van der Waals surface area contributed by atoms with Gasteiger partial charge in [-0.15, -0.1) is 0 Å². The summed E-state index contributed by atoms with van der Waals surface area (Å²) in [6.07, 6.45) is -4.11. The van der Waals surface area contributed by atoms with Crippen LogP contribution in [-0.4, -0.2) is 40.7 Å². The highest BCUT2D eigenvalue weighted by Crippen LogP contribution is 2.31. The average Bonchev–Trinajstić information content (AvgIpc) is 2.74. The number of H-pyrrole nitrogens is 1. The monoisotopic (exact) mass is 283 g/mol. The van der Waals surface area contributed by atoms with Crippen molar-refractivity contribution in [3.05, 3.63) is 30.1 Å². The van der Waals surface area contributed by atoms with Gasteiger partial charge in [0.15, 0.2) is 0 Å². The zero-order chi connectivity index (χ0) is 14.3. The van der Waals surface area contributed by atoms with Crippen molar-refractivity contribution in [3.8, 4) is 0 Å². The molecule has 0 aliphatic carbocycles. The van der Waals surface area contributed by atoms with E-state index in [1.165, 1.54) is 6.92 Å². The zero-order valence-corrected chi connectivity index (χ0v) is 11.1. The van der Waals surface area contributed by atoms with Crippen molar-refractivity contribution < 1.29 is 13.2 Å². The van der Waals surface area contributed by atoms with E-state index in [-0.39, 0.29) is 12.5 Å². The van der Waals surface area contributed by atoms with Crippen LogP contribution >= 0.6 is 0 Å². The van der Waals surface area contributed by atoms with E-state index in [9.17, 15) is 13.2 Å². The summed E-state index contributed by atoms with van der Waals surface area (Å²) in [4.78, 5) is 9.56. The molecule has 0 amide bonds. The van der Waals surface area contributed by atoms with Crippen molar-refractivity contribution in [2.75, 3.05) is 19.6 Å². The van der Waals surface area contributed by atoms with Gasteiger partial charge in [-0.1, -0.05) is 19.1 Å². The number of para-hydroxylation sites is 2. The van der Waals surface area contributed by atoms with Crippen molar-refractivity contribution in [1.29, 1.82) is 0 Å². The maximum absolute atomic E-state index is 12.5. The molecular weight excluding hydrogens is 267 g/mol. The number of halogens is 3. The number of nitrogens with zero attached hydrogens (tertiary/aromatic N) is 2. The maximum atomic E-state index is 12.5. The zero-order valence-electron chi connectivity index (χ0n) is 11.1. The van der Waals surface area contributed by atoms with Crippen LogP contribution in [0.3, 0.4) is 0 Å². The summed E-state index contributed by atoms with van der Waals surface area (Å²) in [5, 5.41) is 0. The van der Waals surface area contributed by atoms with Gasteiger partial charge in [0.1, 0.15) is 5.82 Å². The Hall–Kier alpha value is -1.56. The molecule has 108 valence electrons. The van der Waals surface area contributed by atoms with E-state index >= 15 is 0 Å². The van der Waals surface area contributed by atoms with Crippen molar-refractivity contribution >= 4 is 11.0 Å². The molecule has 1 aromatic heterocycles. The third-order valence-electron chi connectivity index (χ3n) is 3.84. The van der Waals surface area contributed by atoms with E-state index in [2.05, 4.69) is 9.97 Å². The number of fused-ring (bicyclic) bond motifs is 1. The Labute approximate surface area is 114 Å². The van der Waals surface area contributed by atoms with Crippen LogP contribution in [0.15, 0.2) is 24.3 Å². The molecule has 2 aromatic rings. The maximum Gasteiger partial charge on any atom is 0.392 e. The van der Waals surface area contributed by atoms with Gasteiger partial charge in [-0.25, -0.2) is 4.98 Å². The SMILES string of the molecule is C[C@H](CN1CC(c2nc3ccccc3[nH]2)C1)C(F)(F)F. The van der Waals surface area contributed by atoms with Crippen LogP contribution < -0.4 is 0 Å². The van der Waals surface area contributed by atoms with Gasteiger partial charge in [-0.05, 0) is 12.1 Å². The minimum Gasteiger partial charge on any atom is -0.342 e. The fourth-order valence-corrected chi connectivity index (χ4v) is 2.55. The molecule has 0 bridgehead atoms. The fraction of sp³-hybridized carbons (Fsp3) is 0.500. The predicted octanol–water partition coefficient (Wildman–Crippen LogP) is 3.16. The van der Waals surface area contributed by atoms with Crippen molar-refractivity contribution in [2.24, 2.45) is 5.92 Å². The van der Waals surface area contributed by atoms with Crippen molar-refractivity contribution in [1.82, 2.24) is 14.9 Å². The lowest BCUT2D eigenvalue weighted by atomic mass is 9.97. The molecule has 0 spiro atoms. The molecule has 1 aromatic carbocycles. The second kappa shape index (κ2) is 4.77. The molecule has 1 fully saturated rings. The molecule has 6 heteroatoms. The van der Waals surface area contributed by atoms with Gasteiger partial charge in [0.2, 0.25) is 0 Å². The summed E-state index contributed by atoms with van der Waals surface area (Å²) in [6.45, 7) is 2.58. The molecule has 1 N–H and O–H groups in total. The molecule has 20 heavy (non-hydrogen) atoms. The molecule has 0 saturated carbocycles. The Morgan fingerprint density at radius 2 is 2.05 bits per heavy atom. The summed E-state index contributed by atoms with van der Waals surface area (Å²) < 4.78 is 37.5. The van der Waals surface area contributed by atoms with Crippen LogP contribution in [0.2, 0.25) is 0 Å². The largest absolute Gasteiger partial charge is 0.392 e. The Morgan fingerprint density at radius 3 is 2.70 bits per heavy atom. The summed E-state index contributed by atoms with van der Waals surface area (Å²) in [5.41, 5.74) is 1.88. The van der Waals surface area contributed by atoms with Crippen LogP contribution in [0.25, 0.3) is 11.0 Å². The Bertz CT molecular complexity index is 566. The number of hydrogen-bond acceptors (Lipinski definition) is 2. The number of imidazole rings is 1. The van der Waals surface area contributed by atoms with Crippen LogP contribution in [-0.2, 0) is 0 Å². The molecule has 1 atom stereocenters. The molecule has 3 rings (SSSR count). The van der Waals surface area contributed by atoms with Crippen LogP contribution in [0, 0.1) is 5.92 Å². The molecule has 2 heterocycles. The van der Waals surface area contributed by atoms with E-state index in [0.717, 1.165) is 16.9 Å². The Kier molecular flexibility index (Phi) is 3.20. The highest BCUT2D eigenvalue weighted by molar-refractivity contribution is 5.74. The van der Waals surface area contributed by atoms with Crippen LogP contribution in [0.1, 0.15) is 18.7 Å². The second-order valence-electron chi connectivity index (χ2n) is 5.50. The van der Waals surface area contributed by atoms with Gasteiger partial charge in [-0.3, -0.25) is 0 Å². The van der Waals surface area contributed by atoms with E-state index in [0.29, 0.717) is 13.1 Å². The highest BCUT2D eigenvalue weighted by Gasteiger charge is 2.40. The first kappa shape index (κ1) is 13.4. The first-order valence-corrected chi connectivity index (χ1v) is 6.67. The number of alkyl halides is 3. The minimum atomic E-state index is -4.11. The summed E-state index contributed by atoms with van der Waals surface area (Å²) in [5.74, 6) is -0.191. The second-order valence-corrected chi connectivity index (χ2v) is 5.50. The Balaban J connectivity index is 1.60. The molecule has 3 nitrogen and oxygen atoms in total. The number of nitrogens with one attached hydrogen (secondary N) is 1. The molecule has 1 aliphatic heterocycles. The third-order valence-corrected chi connectivity index (χ3v) is 3.84. The van der Waals surface area contributed by atoms with E-state index in [4.69, 9.17) is 0 Å². The van der Waals surface area contributed by atoms with Gasteiger partial charge in [0.05, 0.1) is 17.0 Å². The molecule has 0 radical (unpaired) electrons. The molecule has 1 saturated heterocycles. The molecular formula is C14H16F3N3. The number of likely N-dealkylation sites (tertiary alicyclic amines) is 1. The van der Waals surface area contributed by atoms with E-state index in [1.807, 2.05) is 29.2 Å². The topological polar surface area (TPSA) is 31.9 Å². The quantitative estimate of drug-likeness (QED) is 0.938. The Morgan fingerprint density at radius 1 is 1.35 bits per heavy atom.